The number of phenols is 1. The summed E-state index contributed by atoms with van der Waals surface area (Å²) < 4.78 is 0. The topological polar surface area (TPSA) is 140 Å². The lowest BCUT2D eigenvalue weighted by Gasteiger charge is -2.41. The average molecular weight is 519 g/mol. The van der Waals surface area contributed by atoms with Crippen molar-refractivity contribution in [3.05, 3.63) is 81.0 Å². The first kappa shape index (κ1) is 24.6. The van der Waals surface area contributed by atoms with Gasteiger partial charge in [-0.15, -0.1) is 0 Å². The zero-order chi connectivity index (χ0) is 26.8. The van der Waals surface area contributed by atoms with Crippen LogP contribution in [-0.2, 0) is 9.59 Å². The molecule has 2 aromatic carbocycles. The molecule has 2 aromatic rings. The van der Waals surface area contributed by atoms with Crippen LogP contribution >= 0.6 is 11.6 Å². The van der Waals surface area contributed by atoms with Crippen LogP contribution in [0.1, 0.15) is 37.8 Å². The van der Waals surface area contributed by atoms with Crippen LogP contribution in [0.2, 0.25) is 5.02 Å². The number of nitrogens with one attached hydrogen (secondary N) is 2. The van der Waals surface area contributed by atoms with Gasteiger partial charge in [0.25, 0.3) is 5.91 Å². The number of benzene rings is 2. The molecular formula is C28H27ClN4O4. The summed E-state index contributed by atoms with van der Waals surface area (Å²) in [4.78, 5) is 27.8. The maximum Gasteiger partial charge on any atom is 0.252 e. The highest BCUT2D eigenvalue weighted by Gasteiger charge is 2.46. The maximum absolute atomic E-state index is 13.7. The van der Waals surface area contributed by atoms with Crippen molar-refractivity contribution >= 4 is 46.3 Å². The first-order valence-electron chi connectivity index (χ1n) is 11.8. The van der Waals surface area contributed by atoms with E-state index in [2.05, 4.69) is 5.32 Å². The van der Waals surface area contributed by atoms with Crippen molar-refractivity contribution in [1.29, 1.82) is 5.41 Å². The summed E-state index contributed by atoms with van der Waals surface area (Å²) in [6, 6.07) is 8.86. The quantitative estimate of drug-likeness (QED) is 0.356. The Morgan fingerprint density at radius 1 is 1.22 bits per heavy atom. The molecule has 3 aliphatic rings. The molecule has 1 atom stereocenters. The number of nitrogens with zero attached hydrogens (tertiary/aromatic N) is 1. The number of Topliss-reactive ketones (excluding diaryl/α,β-unsaturated/α-hetero) is 1. The predicted octanol–water partition coefficient (Wildman–Crippen LogP) is 4.97. The van der Waals surface area contributed by atoms with E-state index in [9.17, 15) is 19.8 Å². The van der Waals surface area contributed by atoms with Gasteiger partial charge in [0.15, 0.2) is 5.78 Å². The number of carbonyl (C=O) groups is 2. The average Bonchev–Trinajstić information content (AvgIpc) is 2.93. The number of hydrogen-bond donors (Lipinski definition) is 5. The molecule has 37 heavy (non-hydrogen) atoms. The highest BCUT2D eigenvalue weighted by atomic mass is 35.5. The number of carbonyl (C=O) groups excluding carboxylic acids is 2. The Labute approximate surface area is 219 Å². The maximum atomic E-state index is 13.7. The van der Waals surface area contributed by atoms with Crippen molar-refractivity contribution < 1.29 is 19.8 Å². The molecular weight excluding hydrogens is 492 g/mol. The number of phenolic OH excluding ortho intramolecular Hbond substituents is 1. The summed E-state index contributed by atoms with van der Waals surface area (Å²) in [5, 5.41) is 34.8. The Morgan fingerprint density at radius 2 is 1.95 bits per heavy atom. The molecule has 0 aromatic heterocycles. The first-order chi connectivity index (χ1) is 17.4. The van der Waals surface area contributed by atoms with Gasteiger partial charge in [0.05, 0.1) is 28.6 Å². The number of aromatic hydroxyl groups is 1. The molecule has 0 spiro atoms. The summed E-state index contributed by atoms with van der Waals surface area (Å²) in [6.45, 7) is 5.97. The molecule has 190 valence electrons. The Morgan fingerprint density at radius 3 is 2.65 bits per heavy atom. The summed E-state index contributed by atoms with van der Waals surface area (Å²) in [5.41, 5.74) is 8.65. The number of aryl methyl sites for hydroxylation is 1. The third kappa shape index (κ3) is 4.07. The van der Waals surface area contributed by atoms with Crippen LogP contribution in [0, 0.1) is 17.7 Å². The van der Waals surface area contributed by atoms with Gasteiger partial charge in [0.2, 0.25) is 0 Å². The Kier molecular flexibility index (Phi) is 5.68. The van der Waals surface area contributed by atoms with Gasteiger partial charge in [-0.3, -0.25) is 15.0 Å². The Balaban J connectivity index is 1.89. The van der Waals surface area contributed by atoms with Crippen molar-refractivity contribution in [2.24, 2.45) is 11.1 Å². The molecule has 2 heterocycles. The number of allylic oxidation sites excluding steroid dienone is 1. The standard InChI is InChI=1S/C28H27ClN4O4/c1-13-4-6-20-18(8-13)32-19-11-28(2,3)12-22(35)23(19)24-16(10-17(27(31)37)26(30)33(20)24)25(36)15-9-14(29)5-7-21(15)34/h4-10,24,30,32,34,36H,11-12H2,1-3H3,(H2,31,37)/b25-16-,30-26?. The van der Waals surface area contributed by atoms with Gasteiger partial charge in [0.1, 0.15) is 17.3 Å². The summed E-state index contributed by atoms with van der Waals surface area (Å²) in [5.74, 6) is -1.80. The molecule has 9 heteroatoms. The highest BCUT2D eigenvalue weighted by molar-refractivity contribution is 6.31. The largest absolute Gasteiger partial charge is 0.507 e. The van der Waals surface area contributed by atoms with Crippen molar-refractivity contribution in [1.82, 2.24) is 0 Å². The fraction of sp³-hybridized carbons (Fsp3) is 0.250. The van der Waals surface area contributed by atoms with Crippen molar-refractivity contribution in [2.45, 2.75) is 39.7 Å². The number of amides is 1. The zero-order valence-corrected chi connectivity index (χ0v) is 21.4. The van der Waals surface area contributed by atoms with E-state index in [0.29, 0.717) is 29.1 Å². The molecule has 8 nitrogen and oxygen atoms in total. The van der Waals surface area contributed by atoms with E-state index in [1.54, 1.807) is 4.90 Å². The Bertz CT molecular complexity index is 1500. The number of hydrogen-bond acceptors (Lipinski definition) is 6. The molecule has 1 aliphatic carbocycles. The minimum absolute atomic E-state index is 0.0306. The van der Waals surface area contributed by atoms with Crippen molar-refractivity contribution in [3.8, 4) is 5.75 Å². The number of rotatable bonds is 2. The number of aliphatic hydroxyl groups excluding tert-OH is 1. The number of anilines is 2. The van der Waals surface area contributed by atoms with Gasteiger partial charge < -0.3 is 26.2 Å². The minimum atomic E-state index is -0.955. The van der Waals surface area contributed by atoms with E-state index < -0.39 is 11.9 Å². The molecule has 0 bridgehead atoms. The number of halogens is 1. The molecule has 0 saturated carbocycles. The molecule has 1 unspecified atom stereocenters. The van der Waals surface area contributed by atoms with Gasteiger partial charge in [-0.1, -0.05) is 31.5 Å². The lowest BCUT2D eigenvalue weighted by atomic mass is 9.72. The van der Waals surface area contributed by atoms with Crippen LogP contribution < -0.4 is 16.0 Å². The van der Waals surface area contributed by atoms with Gasteiger partial charge in [0, 0.05) is 28.3 Å². The number of primary amides is 1. The van der Waals surface area contributed by atoms with Crippen LogP contribution in [0.5, 0.6) is 5.75 Å². The second-order valence-electron chi connectivity index (χ2n) is 10.5. The molecule has 0 saturated heterocycles. The van der Waals surface area contributed by atoms with E-state index in [-0.39, 0.29) is 56.7 Å². The lowest BCUT2D eigenvalue weighted by molar-refractivity contribution is -0.118. The normalized spacial score (nSPS) is 21.8. The summed E-state index contributed by atoms with van der Waals surface area (Å²) in [6.07, 6.45) is 2.16. The zero-order valence-electron chi connectivity index (χ0n) is 20.6. The van der Waals surface area contributed by atoms with Crippen molar-refractivity contribution in [3.63, 3.8) is 0 Å². The number of amidine groups is 1. The van der Waals surface area contributed by atoms with Crippen LogP contribution in [0.3, 0.4) is 0 Å². The van der Waals surface area contributed by atoms with Gasteiger partial charge in [-0.25, -0.2) is 0 Å². The second kappa shape index (κ2) is 8.52. The summed E-state index contributed by atoms with van der Waals surface area (Å²) >= 11 is 6.16. The van der Waals surface area contributed by atoms with E-state index in [0.717, 1.165) is 5.56 Å². The second-order valence-corrected chi connectivity index (χ2v) is 10.9. The van der Waals surface area contributed by atoms with Crippen LogP contribution in [-0.4, -0.2) is 33.8 Å². The number of ketones is 1. The van der Waals surface area contributed by atoms with Crippen LogP contribution in [0.4, 0.5) is 11.4 Å². The SMILES string of the molecule is Cc1ccc2c(c1)NC1=C(C(=O)CC(C)(C)C1)C1/C(=C(\O)c3cc(Cl)ccc3O)C=C(C(N)=O)C(=N)N21. The molecule has 2 aliphatic heterocycles. The first-order valence-corrected chi connectivity index (χ1v) is 12.2. The van der Waals surface area contributed by atoms with Gasteiger partial charge >= 0.3 is 0 Å². The third-order valence-electron chi connectivity index (χ3n) is 6.99. The fourth-order valence-corrected chi connectivity index (χ4v) is 5.54. The fourth-order valence-electron chi connectivity index (χ4n) is 5.37. The van der Waals surface area contributed by atoms with Gasteiger partial charge in [-0.2, -0.15) is 0 Å². The Hall–Kier alpha value is -4.04. The van der Waals surface area contributed by atoms with Crippen LogP contribution in [0.15, 0.2) is 64.9 Å². The predicted molar refractivity (Wildman–Crippen MR) is 144 cm³/mol. The van der Waals surface area contributed by atoms with Crippen molar-refractivity contribution in [2.75, 3.05) is 10.2 Å². The molecule has 0 fully saturated rings. The minimum Gasteiger partial charge on any atom is -0.507 e. The monoisotopic (exact) mass is 518 g/mol. The highest BCUT2D eigenvalue weighted by Crippen LogP contribution is 2.48. The van der Waals surface area contributed by atoms with E-state index in [4.69, 9.17) is 22.7 Å². The number of fused-ring (bicyclic) bond motifs is 4. The van der Waals surface area contributed by atoms with E-state index in [1.807, 2.05) is 39.0 Å². The molecule has 1 amide bonds. The van der Waals surface area contributed by atoms with E-state index in [1.165, 1.54) is 24.3 Å². The van der Waals surface area contributed by atoms with E-state index >= 15 is 0 Å². The molecule has 6 N–H and O–H groups in total. The third-order valence-corrected chi connectivity index (χ3v) is 7.23. The molecule has 5 rings (SSSR count). The smallest absolute Gasteiger partial charge is 0.252 e. The number of nitrogens with two attached hydrogens (primary N) is 1. The molecule has 0 radical (unpaired) electrons. The van der Waals surface area contributed by atoms with Gasteiger partial charge in [-0.05, 0) is 60.7 Å². The lowest BCUT2D eigenvalue weighted by Crippen LogP contribution is -2.50. The van der Waals surface area contributed by atoms with Crippen LogP contribution in [0.25, 0.3) is 5.76 Å². The number of aliphatic hydroxyl groups is 1. The summed E-state index contributed by atoms with van der Waals surface area (Å²) in [7, 11) is 0.